The van der Waals surface area contributed by atoms with Gasteiger partial charge in [0.1, 0.15) is 11.6 Å². The van der Waals surface area contributed by atoms with Crippen LogP contribution in [0.5, 0.6) is 0 Å². The lowest BCUT2D eigenvalue weighted by atomic mass is 9.99. The summed E-state index contributed by atoms with van der Waals surface area (Å²) in [5.74, 6) is -1.32. The van der Waals surface area contributed by atoms with E-state index in [1.54, 1.807) is 11.8 Å². The number of aliphatic hydroxyl groups excluding tert-OH is 1. The van der Waals surface area contributed by atoms with Crippen molar-refractivity contribution >= 4 is 6.03 Å². The van der Waals surface area contributed by atoms with Crippen molar-refractivity contribution in [2.45, 2.75) is 25.7 Å². The number of nitrogens with one attached hydrogen (secondary N) is 1. The van der Waals surface area contributed by atoms with Crippen LogP contribution in [0.1, 0.15) is 31.2 Å². The molecule has 0 saturated carbocycles. The van der Waals surface area contributed by atoms with Crippen LogP contribution in [0.2, 0.25) is 0 Å². The van der Waals surface area contributed by atoms with E-state index in [1.165, 1.54) is 12.1 Å². The molecule has 2 amide bonds. The molecule has 4 nitrogen and oxygen atoms in total. The maximum atomic E-state index is 13.7. The first-order chi connectivity index (χ1) is 10.5. The molecule has 0 radical (unpaired) electrons. The van der Waals surface area contributed by atoms with Gasteiger partial charge < -0.3 is 15.3 Å². The fourth-order valence-electron chi connectivity index (χ4n) is 2.76. The van der Waals surface area contributed by atoms with Gasteiger partial charge in [0.2, 0.25) is 0 Å². The fraction of sp³-hybridized carbons (Fsp3) is 0.562. The van der Waals surface area contributed by atoms with Crippen molar-refractivity contribution in [2.24, 2.45) is 5.92 Å². The van der Waals surface area contributed by atoms with Gasteiger partial charge in [0.05, 0.1) is 0 Å². The van der Waals surface area contributed by atoms with Gasteiger partial charge in [-0.3, -0.25) is 0 Å². The molecule has 2 N–H and O–H groups in total. The highest BCUT2D eigenvalue weighted by Gasteiger charge is 2.23. The second-order valence-electron chi connectivity index (χ2n) is 5.89. The molecule has 1 aromatic rings. The van der Waals surface area contributed by atoms with E-state index >= 15 is 0 Å². The number of rotatable bonds is 4. The van der Waals surface area contributed by atoms with Crippen molar-refractivity contribution in [1.82, 2.24) is 10.2 Å². The second kappa shape index (κ2) is 7.54. The third kappa shape index (κ3) is 4.16. The predicted molar refractivity (Wildman–Crippen MR) is 79.6 cm³/mol. The highest BCUT2D eigenvalue weighted by molar-refractivity contribution is 5.74. The Hall–Kier alpha value is -1.69. The molecule has 1 aliphatic heterocycles. The van der Waals surface area contributed by atoms with E-state index in [2.05, 4.69) is 5.32 Å². The van der Waals surface area contributed by atoms with Gasteiger partial charge in [-0.1, -0.05) is 13.0 Å². The maximum absolute atomic E-state index is 13.7. The molecule has 22 heavy (non-hydrogen) atoms. The number of hydrogen-bond donors (Lipinski definition) is 2. The first kappa shape index (κ1) is 16.7. The number of halogens is 2. The zero-order valence-corrected chi connectivity index (χ0v) is 12.7. The van der Waals surface area contributed by atoms with Crippen LogP contribution in [-0.2, 0) is 0 Å². The van der Waals surface area contributed by atoms with Gasteiger partial charge in [0, 0.05) is 38.2 Å². The van der Waals surface area contributed by atoms with E-state index in [9.17, 15) is 18.7 Å². The third-order valence-electron chi connectivity index (χ3n) is 4.12. The Labute approximate surface area is 129 Å². The lowest BCUT2D eigenvalue weighted by Crippen LogP contribution is -2.46. The average Bonchev–Trinajstić information content (AvgIpc) is 2.52. The quantitative estimate of drug-likeness (QED) is 0.897. The van der Waals surface area contributed by atoms with E-state index in [-0.39, 0.29) is 31.0 Å². The van der Waals surface area contributed by atoms with Crippen LogP contribution in [0.25, 0.3) is 0 Å². The van der Waals surface area contributed by atoms with Crippen molar-refractivity contribution in [2.75, 3.05) is 26.2 Å². The van der Waals surface area contributed by atoms with Gasteiger partial charge in [0.25, 0.3) is 0 Å². The second-order valence-corrected chi connectivity index (χ2v) is 5.89. The topological polar surface area (TPSA) is 52.6 Å². The van der Waals surface area contributed by atoms with Crippen LogP contribution in [-0.4, -0.2) is 42.3 Å². The lowest BCUT2D eigenvalue weighted by Gasteiger charge is -2.32. The van der Waals surface area contributed by atoms with Crippen LogP contribution in [0, 0.1) is 17.6 Å². The molecule has 0 aromatic heterocycles. The number of hydrogen-bond acceptors (Lipinski definition) is 2. The number of urea groups is 1. The SMILES string of the molecule is C[C@@H](CNC(=O)N1CCC[C@@H](CO)C1)c1ccc(F)cc1F. The molecule has 1 aliphatic rings. The molecule has 0 bridgehead atoms. The van der Waals surface area contributed by atoms with E-state index in [4.69, 9.17) is 0 Å². The molecular weight excluding hydrogens is 290 g/mol. The first-order valence-corrected chi connectivity index (χ1v) is 7.59. The molecule has 0 spiro atoms. The van der Waals surface area contributed by atoms with Gasteiger partial charge in [0.15, 0.2) is 0 Å². The van der Waals surface area contributed by atoms with Crippen molar-refractivity contribution < 1.29 is 18.7 Å². The number of aliphatic hydroxyl groups is 1. The lowest BCUT2D eigenvalue weighted by molar-refractivity contribution is 0.129. The summed E-state index contributed by atoms with van der Waals surface area (Å²) in [5, 5.41) is 12.0. The molecule has 6 heteroatoms. The van der Waals surface area contributed by atoms with Gasteiger partial charge in [-0.25, -0.2) is 13.6 Å². The van der Waals surface area contributed by atoms with Crippen LogP contribution >= 0.6 is 0 Å². The van der Waals surface area contributed by atoms with Crippen LogP contribution in [0.4, 0.5) is 13.6 Å². The van der Waals surface area contributed by atoms with Crippen LogP contribution in [0.15, 0.2) is 18.2 Å². The van der Waals surface area contributed by atoms with Crippen molar-refractivity contribution in [1.29, 1.82) is 0 Å². The van der Waals surface area contributed by atoms with Crippen LogP contribution < -0.4 is 5.32 Å². The molecule has 1 heterocycles. The number of nitrogens with zero attached hydrogens (tertiary/aromatic N) is 1. The standard InChI is InChI=1S/C16H22F2N2O2/c1-11(14-5-4-13(17)7-15(14)18)8-19-16(22)20-6-2-3-12(9-20)10-21/h4-5,7,11-12,21H,2-3,6,8-10H2,1H3,(H,19,22)/t11-,12+/m0/s1. The van der Waals surface area contributed by atoms with Crippen molar-refractivity contribution in [3.05, 3.63) is 35.4 Å². The summed E-state index contributed by atoms with van der Waals surface area (Å²) in [6.45, 7) is 3.36. The monoisotopic (exact) mass is 312 g/mol. The van der Waals surface area contributed by atoms with Gasteiger partial charge >= 0.3 is 6.03 Å². The Kier molecular flexibility index (Phi) is 5.71. The van der Waals surface area contributed by atoms with Crippen LogP contribution in [0.3, 0.4) is 0 Å². The minimum absolute atomic E-state index is 0.0843. The number of piperidine rings is 1. The summed E-state index contributed by atoms with van der Waals surface area (Å²) in [6.07, 6.45) is 1.80. The normalized spacial score (nSPS) is 19.8. The number of likely N-dealkylation sites (tertiary alicyclic amines) is 1. The van der Waals surface area contributed by atoms with Gasteiger partial charge in [-0.2, -0.15) is 0 Å². The maximum Gasteiger partial charge on any atom is 0.317 e. The van der Waals surface area contributed by atoms with Crippen molar-refractivity contribution in [3.63, 3.8) is 0 Å². The highest BCUT2D eigenvalue weighted by Crippen LogP contribution is 2.20. The largest absolute Gasteiger partial charge is 0.396 e. The smallest absolute Gasteiger partial charge is 0.317 e. The Balaban J connectivity index is 1.87. The number of benzene rings is 1. The number of carbonyl (C=O) groups excluding carboxylic acids is 1. The molecule has 1 aromatic carbocycles. The summed E-state index contributed by atoms with van der Waals surface area (Å²) >= 11 is 0. The summed E-state index contributed by atoms with van der Waals surface area (Å²) in [4.78, 5) is 13.8. The zero-order valence-electron chi connectivity index (χ0n) is 12.7. The van der Waals surface area contributed by atoms with E-state index in [1.807, 2.05) is 0 Å². The molecule has 0 aliphatic carbocycles. The molecule has 0 unspecified atom stereocenters. The number of amides is 2. The summed E-state index contributed by atoms with van der Waals surface area (Å²) in [6, 6.07) is 3.27. The molecular formula is C16H22F2N2O2. The van der Waals surface area contributed by atoms with E-state index in [0.717, 1.165) is 18.9 Å². The molecule has 122 valence electrons. The average molecular weight is 312 g/mol. The third-order valence-corrected chi connectivity index (χ3v) is 4.12. The predicted octanol–water partition coefficient (Wildman–Crippen LogP) is 2.48. The number of carbonyl (C=O) groups is 1. The van der Waals surface area contributed by atoms with Gasteiger partial charge in [-0.05, 0) is 30.4 Å². The van der Waals surface area contributed by atoms with E-state index < -0.39 is 11.6 Å². The Morgan fingerprint density at radius 2 is 2.27 bits per heavy atom. The summed E-state index contributed by atoms with van der Waals surface area (Å²) < 4.78 is 26.6. The van der Waals surface area contributed by atoms with Crippen molar-refractivity contribution in [3.8, 4) is 0 Å². The highest BCUT2D eigenvalue weighted by atomic mass is 19.1. The molecule has 1 fully saturated rings. The van der Waals surface area contributed by atoms with E-state index in [0.29, 0.717) is 18.7 Å². The minimum Gasteiger partial charge on any atom is -0.396 e. The first-order valence-electron chi connectivity index (χ1n) is 7.59. The Morgan fingerprint density at radius 3 is 2.95 bits per heavy atom. The summed E-state index contributed by atoms with van der Waals surface area (Å²) in [5.41, 5.74) is 0.383. The molecule has 2 rings (SSSR count). The fourth-order valence-corrected chi connectivity index (χ4v) is 2.76. The Morgan fingerprint density at radius 1 is 1.50 bits per heavy atom. The Bertz CT molecular complexity index is 525. The zero-order chi connectivity index (χ0) is 16.1. The van der Waals surface area contributed by atoms with Gasteiger partial charge in [-0.15, -0.1) is 0 Å². The molecule has 2 atom stereocenters. The molecule has 1 saturated heterocycles. The minimum atomic E-state index is -0.610. The summed E-state index contributed by atoms with van der Waals surface area (Å²) in [7, 11) is 0.